The lowest BCUT2D eigenvalue weighted by molar-refractivity contribution is -0.127. The zero-order valence-corrected chi connectivity index (χ0v) is 13.3. The molecule has 1 aromatic carbocycles. The van der Waals surface area contributed by atoms with Gasteiger partial charge < -0.3 is 24.8 Å². The van der Waals surface area contributed by atoms with Crippen molar-refractivity contribution >= 4 is 17.8 Å². The second kappa shape index (κ2) is 9.29. The monoisotopic (exact) mass is 324 g/mol. The molecule has 126 valence electrons. The SMILES string of the molecule is CCNC(=O)CNC(=O)COC(=O)c1ccc(OC)cc1OC. The Kier molecular flexibility index (Phi) is 7.38. The van der Waals surface area contributed by atoms with Crippen molar-refractivity contribution in [2.24, 2.45) is 0 Å². The van der Waals surface area contributed by atoms with Crippen molar-refractivity contribution in [3.63, 3.8) is 0 Å². The van der Waals surface area contributed by atoms with Gasteiger partial charge in [0.25, 0.3) is 5.91 Å². The molecule has 0 saturated heterocycles. The zero-order chi connectivity index (χ0) is 17.2. The first kappa shape index (κ1) is 18.3. The normalized spacial score (nSPS) is 9.70. The largest absolute Gasteiger partial charge is 0.497 e. The Balaban J connectivity index is 2.53. The molecule has 2 amide bonds. The highest BCUT2D eigenvalue weighted by Crippen LogP contribution is 2.25. The molecule has 1 rings (SSSR count). The molecule has 2 N–H and O–H groups in total. The Labute approximate surface area is 134 Å². The molecule has 1 aromatic rings. The van der Waals surface area contributed by atoms with Crippen molar-refractivity contribution in [2.45, 2.75) is 6.92 Å². The van der Waals surface area contributed by atoms with Crippen LogP contribution in [0.5, 0.6) is 11.5 Å². The molecule has 8 nitrogen and oxygen atoms in total. The predicted molar refractivity (Wildman–Crippen MR) is 81.5 cm³/mol. The average molecular weight is 324 g/mol. The number of methoxy groups -OCH3 is 2. The number of rotatable bonds is 8. The third-order valence-electron chi connectivity index (χ3n) is 2.78. The second-order valence-electron chi connectivity index (χ2n) is 4.37. The van der Waals surface area contributed by atoms with Crippen LogP contribution in [0.25, 0.3) is 0 Å². The molecule has 0 aliphatic rings. The Bertz CT molecular complexity index is 573. The number of nitrogens with one attached hydrogen (secondary N) is 2. The van der Waals surface area contributed by atoms with E-state index in [1.54, 1.807) is 13.0 Å². The van der Waals surface area contributed by atoms with Crippen LogP contribution in [0.1, 0.15) is 17.3 Å². The topological polar surface area (TPSA) is 103 Å². The van der Waals surface area contributed by atoms with E-state index in [2.05, 4.69) is 10.6 Å². The van der Waals surface area contributed by atoms with Gasteiger partial charge in [-0.05, 0) is 19.1 Å². The van der Waals surface area contributed by atoms with E-state index in [1.165, 1.54) is 26.4 Å². The number of ether oxygens (including phenoxy) is 3. The zero-order valence-electron chi connectivity index (χ0n) is 13.3. The molecule has 0 fully saturated rings. The standard InChI is InChI=1S/C15H20N2O6/c1-4-16-13(18)8-17-14(19)9-23-15(20)11-6-5-10(21-2)7-12(11)22-3/h5-7H,4,8-9H2,1-3H3,(H,16,18)(H,17,19). The summed E-state index contributed by atoms with van der Waals surface area (Å²) < 4.78 is 15.0. The molecule has 0 unspecified atom stereocenters. The third kappa shape index (κ3) is 5.85. The van der Waals surface area contributed by atoms with Gasteiger partial charge in [-0.25, -0.2) is 4.79 Å². The minimum atomic E-state index is -0.710. The van der Waals surface area contributed by atoms with Crippen molar-refractivity contribution in [1.29, 1.82) is 0 Å². The van der Waals surface area contributed by atoms with Crippen molar-refractivity contribution in [3.8, 4) is 11.5 Å². The number of carbonyl (C=O) groups is 3. The van der Waals surface area contributed by atoms with E-state index in [4.69, 9.17) is 14.2 Å². The molecule has 0 aromatic heterocycles. The lowest BCUT2D eigenvalue weighted by atomic mass is 10.2. The van der Waals surface area contributed by atoms with E-state index in [0.29, 0.717) is 12.3 Å². The Morgan fingerprint density at radius 1 is 1.04 bits per heavy atom. The van der Waals surface area contributed by atoms with Gasteiger partial charge in [-0.2, -0.15) is 0 Å². The fourth-order valence-corrected chi connectivity index (χ4v) is 1.67. The lowest BCUT2D eigenvalue weighted by Crippen LogP contribution is -2.38. The highest BCUT2D eigenvalue weighted by Gasteiger charge is 2.16. The van der Waals surface area contributed by atoms with Gasteiger partial charge in [-0.3, -0.25) is 9.59 Å². The van der Waals surface area contributed by atoms with Crippen LogP contribution in [-0.2, 0) is 14.3 Å². The minimum absolute atomic E-state index is 0.171. The van der Waals surface area contributed by atoms with Crippen molar-refractivity contribution in [3.05, 3.63) is 23.8 Å². The molecular formula is C15H20N2O6. The smallest absolute Gasteiger partial charge is 0.342 e. The summed E-state index contributed by atoms with van der Waals surface area (Å²) in [6, 6.07) is 4.59. The van der Waals surface area contributed by atoms with E-state index in [1.807, 2.05) is 0 Å². The van der Waals surface area contributed by atoms with Crippen LogP contribution in [0.15, 0.2) is 18.2 Å². The second-order valence-corrected chi connectivity index (χ2v) is 4.37. The molecule has 0 heterocycles. The fraction of sp³-hybridized carbons (Fsp3) is 0.400. The van der Waals surface area contributed by atoms with Crippen molar-refractivity contribution in [2.75, 3.05) is 33.9 Å². The van der Waals surface area contributed by atoms with Gasteiger partial charge in [-0.15, -0.1) is 0 Å². The number of benzene rings is 1. The molecule has 0 aliphatic heterocycles. The van der Waals surface area contributed by atoms with Gasteiger partial charge in [0.2, 0.25) is 5.91 Å². The first-order valence-electron chi connectivity index (χ1n) is 6.94. The number of amides is 2. The van der Waals surface area contributed by atoms with E-state index < -0.39 is 18.5 Å². The molecular weight excluding hydrogens is 304 g/mol. The summed E-state index contributed by atoms with van der Waals surface area (Å²) in [7, 11) is 2.90. The number of carbonyl (C=O) groups excluding carboxylic acids is 3. The number of likely N-dealkylation sites (N-methyl/N-ethyl adjacent to an activating group) is 1. The van der Waals surface area contributed by atoms with Crippen LogP contribution in [0.3, 0.4) is 0 Å². The van der Waals surface area contributed by atoms with Crippen LogP contribution >= 0.6 is 0 Å². The third-order valence-corrected chi connectivity index (χ3v) is 2.78. The summed E-state index contributed by atoms with van der Waals surface area (Å²) >= 11 is 0. The molecule has 0 saturated carbocycles. The molecule has 0 radical (unpaired) electrons. The quantitative estimate of drug-likeness (QED) is 0.658. The van der Waals surface area contributed by atoms with Crippen LogP contribution < -0.4 is 20.1 Å². The Hall–Kier alpha value is -2.77. The fourth-order valence-electron chi connectivity index (χ4n) is 1.67. The summed E-state index contributed by atoms with van der Waals surface area (Å²) in [5, 5.41) is 4.87. The molecule has 0 spiro atoms. The van der Waals surface area contributed by atoms with Gasteiger partial charge in [0.05, 0.1) is 20.8 Å². The number of hydrogen-bond donors (Lipinski definition) is 2. The van der Waals surface area contributed by atoms with Crippen LogP contribution in [0.4, 0.5) is 0 Å². The van der Waals surface area contributed by atoms with Crippen molar-refractivity contribution in [1.82, 2.24) is 10.6 Å². The maximum atomic E-state index is 12.0. The van der Waals surface area contributed by atoms with E-state index in [9.17, 15) is 14.4 Å². The summed E-state index contributed by atoms with van der Waals surface area (Å²) in [5.74, 6) is -0.797. The molecule has 0 atom stereocenters. The Morgan fingerprint density at radius 3 is 2.39 bits per heavy atom. The lowest BCUT2D eigenvalue weighted by Gasteiger charge is -2.10. The summed E-state index contributed by atoms with van der Waals surface area (Å²) in [6.45, 7) is 1.58. The van der Waals surface area contributed by atoms with Gasteiger partial charge >= 0.3 is 5.97 Å². The summed E-state index contributed by atoms with van der Waals surface area (Å²) in [4.78, 5) is 34.7. The van der Waals surface area contributed by atoms with Gasteiger partial charge in [0.15, 0.2) is 6.61 Å². The number of esters is 1. The van der Waals surface area contributed by atoms with Crippen molar-refractivity contribution < 1.29 is 28.6 Å². The minimum Gasteiger partial charge on any atom is -0.497 e. The van der Waals surface area contributed by atoms with Crippen LogP contribution in [0.2, 0.25) is 0 Å². The van der Waals surface area contributed by atoms with Gasteiger partial charge in [0.1, 0.15) is 17.1 Å². The predicted octanol–water partition coefficient (Wildman–Crippen LogP) is 0.113. The van der Waals surface area contributed by atoms with Gasteiger partial charge in [0, 0.05) is 12.6 Å². The summed E-state index contributed by atoms with van der Waals surface area (Å²) in [6.07, 6.45) is 0. The Morgan fingerprint density at radius 2 is 1.78 bits per heavy atom. The molecule has 23 heavy (non-hydrogen) atoms. The van der Waals surface area contributed by atoms with E-state index >= 15 is 0 Å². The van der Waals surface area contributed by atoms with Gasteiger partial charge in [-0.1, -0.05) is 0 Å². The molecule has 8 heteroatoms. The maximum absolute atomic E-state index is 12.0. The highest BCUT2D eigenvalue weighted by atomic mass is 16.5. The highest BCUT2D eigenvalue weighted by molar-refractivity contribution is 5.94. The summed E-state index contributed by atoms with van der Waals surface area (Å²) in [5.41, 5.74) is 0.171. The van der Waals surface area contributed by atoms with Crippen LogP contribution in [0, 0.1) is 0 Å². The first-order chi connectivity index (χ1) is 11.0. The number of hydrogen-bond acceptors (Lipinski definition) is 6. The molecule has 0 bridgehead atoms. The molecule has 0 aliphatic carbocycles. The van der Waals surface area contributed by atoms with Crippen LogP contribution in [-0.4, -0.2) is 51.7 Å². The first-order valence-corrected chi connectivity index (χ1v) is 6.94. The van der Waals surface area contributed by atoms with E-state index in [-0.39, 0.29) is 23.8 Å². The van der Waals surface area contributed by atoms with E-state index in [0.717, 1.165) is 0 Å². The maximum Gasteiger partial charge on any atom is 0.342 e. The average Bonchev–Trinajstić information content (AvgIpc) is 2.57.